The summed E-state index contributed by atoms with van der Waals surface area (Å²) in [6.45, 7) is 0.756. The quantitative estimate of drug-likeness (QED) is 0.471. The molecule has 11 heteroatoms. The summed E-state index contributed by atoms with van der Waals surface area (Å²) in [6.07, 6.45) is 0. The molecule has 0 fully saturated rings. The molecule has 2 aromatic rings. The molecule has 2 rings (SSSR count). The molecule has 0 aromatic heterocycles. The maximum atomic E-state index is 12.2. The lowest BCUT2D eigenvalue weighted by atomic mass is 10.2. The van der Waals surface area contributed by atoms with Crippen molar-refractivity contribution in [1.29, 1.82) is 0 Å². The number of hydrazine groups is 1. The monoisotopic (exact) mass is 468 g/mol. The average Bonchev–Trinajstić information content (AvgIpc) is 2.65. The van der Waals surface area contributed by atoms with E-state index in [1.54, 1.807) is 24.3 Å². The Hall–Kier alpha value is -2.76. The van der Waals surface area contributed by atoms with Gasteiger partial charge in [-0.3, -0.25) is 25.2 Å². The zero-order chi connectivity index (χ0) is 20.7. The Balaban J connectivity index is 1.88. The second-order valence-electron chi connectivity index (χ2n) is 5.51. The van der Waals surface area contributed by atoms with Crippen molar-refractivity contribution in [2.75, 3.05) is 11.9 Å². The van der Waals surface area contributed by atoms with Gasteiger partial charge in [-0.15, -0.1) is 0 Å². The van der Waals surface area contributed by atoms with Crippen molar-refractivity contribution in [1.82, 2.24) is 15.6 Å². The molecule has 0 spiro atoms. The molecule has 0 radical (unpaired) electrons. The highest BCUT2D eigenvalue weighted by atomic mass is 79.9. The fourth-order valence-electron chi connectivity index (χ4n) is 2.05. The topological polar surface area (TPSA) is 133 Å². The van der Waals surface area contributed by atoms with Gasteiger partial charge in [0.05, 0.1) is 17.0 Å². The second kappa shape index (κ2) is 9.44. The number of nitrogens with one attached hydrogen (secondary N) is 4. The predicted molar refractivity (Wildman–Crippen MR) is 106 cm³/mol. The van der Waals surface area contributed by atoms with E-state index in [2.05, 4.69) is 36.8 Å². The van der Waals surface area contributed by atoms with Crippen LogP contribution >= 0.6 is 15.9 Å². The van der Waals surface area contributed by atoms with E-state index in [-0.39, 0.29) is 10.8 Å². The third-order valence-corrected chi connectivity index (χ3v) is 5.45. The molecular weight excluding hydrogens is 452 g/mol. The van der Waals surface area contributed by atoms with Crippen molar-refractivity contribution in [3.05, 3.63) is 58.6 Å². The number of benzene rings is 2. The van der Waals surface area contributed by atoms with E-state index in [1.165, 1.54) is 31.2 Å². The Bertz CT molecular complexity index is 993. The van der Waals surface area contributed by atoms with Gasteiger partial charge >= 0.3 is 0 Å². The number of hydrogen-bond acceptors (Lipinski definition) is 5. The molecule has 9 nitrogen and oxygen atoms in total. The van der Waals surface area contributed by atoms with E-state index in [0.29, 0.717) is 15.7 Å². The number of amides is 3. The Morgan fingerprint density at radius 2 is 1.61 bits per heavy atom. The van der Waals surface area contributed by atoms with Crippen molar-refractivity contribution in [2.24, 2.45) is 0 Å². The van der Waals surface area contributed by atoms with Gasteiger partial charge in [-0.1, -0.05) is 12.1 Å². The molecular formula is C17H17BrN4O5S. The van der Waals surface area contributed by atoms with Crippen LogP contribution in [0, 0.1) is 0 Å². The molecule has 0 unspecified atom stereocenters. The van der Waals surface area contributed by atoms with Crippen LogP contribution in [0.15, 0.2) is 57.9 Å². The molecule has 28 heavy (non-hydrogen) atoms. The Morgan fingerprint density at radius 1 is 0.964 bits per heavy atom. The summed E-state index contributed by atoms with van der Waals surface area (Å²) >= 11 is 3.22. The normalized spacial score (nSPS) is 10.8. The summed E-state index contributed by atoms with van der Waals surface area (Å²) < 4.78 is 27.1. The van der Waals surface area contributed by atoms with Crippen LogP contribution in [-0.4, -0.2) is 32.7 Å². The van der Waals surface area contributed by atoms with Gasteiger partial charge in [-0.2, -0.15) is 0 Å². The summed E-state index contributed by atoms with van der Waals surface area (Å²) in [5, 5.41) is 2.52. The molecule has 0 aliphatic rings. The molecule has 0 atom stereocenters. The molecule has 0 aliphatic heterocycles. The SMILES string of the molecule is CC(=O)Nc1ccc(S(=O)(=O)NCC(=O)NNC(=O)c2ccccc2Br)cc1. The molecule has 148 valence electrons. The van der Waals surface area contributed by atoms with Crippen LogP contribution in [0.5, 0.6) is 0 Å². The van der Waals surface area contributed by atoms with Crippen molar-refractivity contribution in [2.45, 2.75) is 11.8 Å². The molecule has 0 saturated carbocycles. The summed E-state index contributed by atoms with van der Waals surface area (Å²) in [5.41, 5.74) is 5.08. The van der Waals surface area contributed by atoms with Crippen LogP contribution in [0.25, 0.3) is 0 Å². The van der Waals surface area contributed by atoms with Gasteiger partial charge in [0.1, 0.15) is 0 Å². The Morgan fingerprint density at radius 3 is 2.21 bits per heavy atom. The van der Waals surface area contributed by atoms with Crippen molar-refractivity contribution in [3.63, 3.8) is 0 Å². The largest absolute Gasteiger partial charge is 0.326 e. The highest BCUT2D eigenvalue weighted by molar-refractivity contribution is 9.10. The van der Waals surface area contributed by atoms with Crippen LogP contribution in [0.1, 0.15) is 17.3 Å². The minimum absolute atomic E-state index is 0.0772. The third kappa shape index (κ3) is 6.15. The van der Waals surface area contributed by atoms with E-state index in [1.807, 2.05) is 0 Å². The fourth-order valence-corrected chi connectivity index (χ4v) is 3.49. The third-order valence-electron chi connectivity index (χ3n) is 3.34. The van der Waals surface area contributed by atoms with Crippen LogP contribution < -0.4 is 20.9 Å². The number of hydrogen-bond donors (Lipinski definition) is 4. The molecule has 0 heterocycles. The van der Waals surface area contributed by atoms with Crippen LogP contribution in [0.2, 0.25) is 0 Å². The number of carbonyl (C=O) groups is 3. The van der Waals surface area contributed by atoms with Crippen molar-refractivity contribution >= 4 is 49.4 Å². The van der Waals surface area contributed by atoms with Gasteiger partial charge in [0, 0.05) is 17.1 Å². The lowest BCUT2D eigenvalue weighted by Gasteiger charge is -2.10. The second-order valence-corrected chi connectivity index (χ2v) is 8.13. The lowest BCUT2D eigenvalue weighted by molar-refractivity contribution is -0.120. The number of rotatable bonds is 6. The molecule has 0 aliphatic carbocycles. The fraction of sp³-hybridized carbons (Fsp3) is 0.118. The zero-order valence-electron chi connectivity index (χ0n) is 14.7. The van der Waals surface area contributed by atoms with Gasteiger partial charge in [-0.25, -0.2) is 13.1 Å². The van der Waals surface area contributed by atoms with E-state index < -0.39 is 28.4 Å². The Kier molecular flexibility index (Phi) is 7.26. The Labute approximate surface area is 170 Å². The first-order chi connectivity index (χ1) is 13.2. The smallest absolute Gasteiger partial charge is 0.270 e. The number of halogens is 1. The van der Waals surface area contributed by atoms with Gasteiger partial charge in [-0.05, 0) is 52.3 Å². The van der Waals surface area contributed by atoms with Gasteiger partial charge in [0.2, 0.25) is 15.9 Å². The maximum Gasteiger partial charge on any atom is 0.270 e. The molecule has 0 bridgehead atoms. The number of carbonyl (C=O) groups excluding carboxylic acids is 3. The van der Waals surface area contributed by atoms with Crippen molar-refractivity contribution in [3.8, 4) is 0 Å². The maximum absolute atomic E-state index is 12.2. The minimum atomic E-state index is -3.94. The van der Waals surface area contributed by atoms with E-state index in [9.17, 15) is 22.8 Å². The summed E-state index contributed by atoms with van der Waals surface area (Å²) in [7, 11) is -3.94. The zero-order valence-corrected chi connectivity index (χ0v) is 17.1. The first kappa shape index (κ1) is 21.5. The summed E-state index contributed by atoms with van der Waals surface area (Å²) in [5.74, 6) is -1.59. The number of sulfonamides is 1. The molecule has 3 amide bonds. The minimum Gasteiger partial charge on any atom is -0.326 e. The first-order valence-corrected chi connectivity index (χ1v) is 10.2. The van der Waals surface area contributed by atoms with Crippen LogP contribution in [0.3, 0.4) is 0 Å². The van der Waals surface area contributed by atoms with E-state index in [4.69, 9.17) is 0 Å². The number of anilines is 1. The first-order valence-electron chi connectivity index (χ1n) is 7.90. The molecule has 4 N–H and O–H groups in total. The van der Waals surface area contributed by atoms with Crippen molar-refractivity contribution < 1.29 is 22.8 Å². The summed E-state index contributed by atoms with van der Waals surface area (Å²) in [6, 6.07) is 12.0. The van der Waals surface area contributed by atoms with Gasteiger partial charge in [0.15, 0.2) is 0 Å². The van der Waals surface area contributed by atoms with E-state index in [0.717, 1.165) is 0 Å². The predicted octanol–water partition coefficient (Wildman–Crippen LogP) is 1.15. The molecule has 2 aromatic carbocycles. The van der Waals surface area contributed by atoms with Gasteiger partial charge < -0.3 is 5.32 Å². The van der Waals surface area contributed by atoms with Crippen LogP contribution in [-0.2, 0) is 19.6 Å². The highest BCUT2D eigenvalue weighted by Crippen LogP contribution is 2.15. The van der Waals surface area contributed by atoms with Crippen LogP contribution in [0.4, 0.5) is 5.69 Å². The average molecular weight is 469 g/mol. The lowest BCUT2D eigenvalue weighted by Crippen LogP contribution is -2.46. The highest BCUT2D eigenvalue weighted by Gasteiger charge is 2.16. The van der Waals surface area contributed by atoms with E-state index >= 15 is 0 Å². The standard InChI is InChI=1S/C17H17BrN4O5S/c1-11(23)20-12-6-8-13(9-7-12)28(26,27)19-10-16(24)21-22-17(25)14-4-2-3-5-15(14)18/h2-9,19H,10H2,1H3,(H,20,23)(H,21,24)(H,22,25). The molecule has 0 saturated heterocycles. The van der Waals surface area contributed by atoms with Gasteiger partial charge in [0.25, 0.3) is 11.8 Å². The summed E-state index contributed by atoms with van der Waals surface area (Å²) in [4.78, 5) is 34.7.